The van der Waals surface area contributed by atoms with Gasteiger partial charge in [-0.05, 0) is 44.9 Å². The van der Waals surface area contributed by atoms with Crippen LogP contribution in [0.3, 0.4) is 0 Å². The molecule has 0 saturated heterocycles. The third-order valence-electron chi connectivity index (χ3n) is 2.25. The molecule has 0 aliphatic heterocycles. The molecule has 0 atom stereocenters. The standard InChI is InChI=1S/C10H11ClO3.C5H11NO2.C2H6/c1-14-9-4-2-7(6-8(9)11)3-5-10(12)13;1-5(2,3)8-4(6)7;1-2/h2,4,6H,3,5H2,1H3,(H,12,13);1-3H3,(H2,6,7);1-2H3. The van der Waals surface area contributed by atoms with Crippen molar-refractivity contribution in [2.24, 2.45) is 5.73 Å². The maximum Gasteiger partial charge on any atom is 0.405 e. The summed E-state index contributed by atoms with van der Waals surface area (Å²) in [5, 5.41) is 9.00. The van der Waals surface area contributed by atoms with Crippen molar-refractivity contribution in [3.8, 4) is 5.75 Å². The maximum absolute atomic E-state index is 10.3. The van der Waals surface area contributed by atoms with Crippen LogP contribution in [0.4, 0.5) is 4.79 Å². The molecule has 0 unspecified atom stereocenters. The third kappa shape index (κ3) is 13.7. The molecular formula is C17H28ClNO5. The molecule has 0 radical (unpaired) electrons. The molecule has 7 heteroatoms. The molecule has 6 nitrogen and oxygen atoms in total. The SMILES string of the molecule is CC.CC(C)(C)OC(N)=O.COc1ccc(CCC(=O)O)cc1Cl. The number of rotatable bonds is 4. The van der Waals surface area contributed by atoms with E-state index in [9.17, 15) is 9.59 Å². The summed E-state index contributed by atoms with van der Waals surface area (Å²) in [6.45, 7) is 9.28. The van der Waals surface area contributed by atoms with Crippen molar-refractivity contribution in [2.45, 2.75) is 53.1 Å². The van der Waals surface area contributed by atoms with Crippen LogP contribution in [-0.4, -0.2) is 29.9 Å². The number of carboxylic acid groups (broad SMARTS) is 1. The van der Waals surface area contributed by atoms with Crippen molar-refractivity contribution >= 4 is 23.7 Å². The number of nitrogens with two attached hydrogens (primary N) is 1. The average molecular weight is 362 g/mol. The molecule has 0 aliphatic carbocycles. The number of aliphatic carboxylic acids is 1. The topological polar surface area (TPSA) is 98.9 Å². The van der Waals surface area contributed by atoms with Gasteiger partial charge in [0.2, 0.25) is 0 Å². The first-order chi connectivity index (χ1) is 11.0. The van der Waals surface area contributed by atoms with E-state index in [0.717, 1.165) is 5.56 Å². The lowest BCUT2D eigenvalue weighted by Gasteiger charge is -2.16. The summed E-state index contributed by atoms with van der Waals surface area (Å²) in [4.78, 5) is 20.3. The number of hydrogen-bond acceptors (Lipinski definition) is 4. The summed E-state index contributed by atoms with van der Waals surface area (Å²) in [7, 11) is 1.54. The molecule has 1 aromatic carbocycles. The number of carboxylic acids is 1. The molecule has 0 bridgehead atoms. The minimum Gasteiger partial charge on any atom is -0.495 e. The molecule has 0 aromatic heterocycles. The van der Waals surface area contributed by atoms with Gasteiger partial charge in [0, 0.05) is 6.42 Å². The van der Waals surface area contributed by atoms with Crippen LogP contribution in [0.25, 0.3) is 0 Å². The number of primary amides is 1. The molecule has 0 spiro atoms. The Hall–Kier alpha value is -1.95. The van der Waals surface area contributed by atoms with Gasteiger partial charge in [0.15, 0.2) is 0 Å². The Kier molecular flexibility index (Phi) is 12.6. The highest BCUT2D eigenvalue weighted by Gasteiger charge is 2.12. The van der Waals surface area contributed by atoms with Crippen LogP contribution in [0.1, 0.15) is 46.6 Å². The molecule has 24 heavy (non-hydrogen) atoms. The zero-order chi connectivity index (χ0) is 19.3. The quantitative estimate of drug-likeness (QED) is 0.834. The number of aryl methyl sites for hydroxylation is 1. The van der Waals surface area contributed by atoms with E-state index in [0.29, 0.717) is 17.2 Å². The number of carbonyl (C=O) groups is 2. The first kappa shape index (κ1) is 24.3. The van der Waals surface area contributed by atoms with E-state index in [1.54, 1.807) is 32.9 Å². The second-order valence-corrected chi connectivity index (χ2v) is 5.80. The number of methoxy groups -OCH3 is 1. The van der Waals surface area contributed by atoms with Gasteiger partial charge in [-0.2, -0.15) is 0 Å². The summed E-state index contributed by atoms with van der Waals surface area (Å²) in [6, 6.07) is 5.27. The zero-order valence-electron chi connectivity index (χ0n) is 15.2. The predicted octanol–water partition coefficient (Wildman–Crippen LogP) is 4.27. The van der Waals surface area contributed by atoms with Gasteiger partial charge in [-0.1, -0.05) is 31.5 Å². The van der Waals surface area contributed by atoms with Crippen molar-refractivity contribution in [3.63, 3.8) is 0 Å². The van der Waals surface area contributed by atoms with Crippen molar-refractivity contribution in [1.82, 2.24) is 0 Å². The van der Waals surface area contributed by atoms with Crippen molar-refractivity contribution in [1.29, 1.82) is 0 Å². The maximum atomic E-state index is 10.3. The Labute approximate surface area is 148 Å². The molecule has 0 heterocycles. The van der Waals surface area contributed by atoms with Crippen molar-refractivity contribution in [3.05, 3.63) is 28.8 Å². The Morgan fingerprint density at radius 3 is 2.08 bits per heavy atom. The fourth-order valence-electron chi connectivity index (χ4n) is 1.42. The van der Waals surface area contributed by atoms with E-state index < -0.39 is 17.7 Å². The molecule has 1 amide bonds. The highest BCUT2D eigenvalue weighted by Crippen LogP contribution is 2.25. The monoisotopic (exact) mass is 361 g/mol. The molecule has 138 valence electrons. The molecule has 0 aliphatic rings. The fourth-order valence-corrected chi connectivity index (χ4v) is 1.70. The Morgan fingerprint density at radius 1 is 1.25 bits per heavy atom. The van der Waals surface area contributed by atoms with E-state index in [2.05, 4.69) is 4.74 Å². The second-order valence-electron chi connectivity index (χ2n) is 5.40. The van der Waals surface area contributed by atoms with Crippen molar-refractivity contribution in [2.75, 3.05) is 7.11 Å². The van der Waals surface area contributed by atoms with E-state index in [4.69, 9.17) is 27.2 Å². The van der Waals surface area contributed by atoms with Crippen LogP contribution in [0.2, 0.25) is 5.02 Å². The van der Waals surface area contributed by atoms with Gasteiger partial charge in [-0.25, -0.2) is 4.79 Å². The van der Waals surface area contributed by atoms with Crippen molar-refractivity contribution < 1.29 is 24.2 Å². The van der Waals surface area contributed by atoms with E-state index >= 15 is 0 Å². The van der Waals surface area contributed by atoms with Crippen LogP contribution in [0.5, 0.6) is 5.75 Å². The molecule has 3 N–H and O–H groups in total. The summed E-state index contributed by atoms with van der Waals surface area (Å²) in [5.41, 5.74) is 5.17. The van der Waals surface area contributed by atoms with Crippen LogP contribution in [-0.2, 0) is 16.0 Å². The minimum absolute atomic E-state index is 0.114. The Morgan fingerprint density at radius 2 is 1.79 bits per heavy atom. The smallest absolute Gasteiger partial charge is 0.405 e. The number of ether oxygens (including phenoxy) is 2. The minimum atomic E-state index is -0.808. The van der Waals surface area contributed by atoms with Gasteiger partial charge in [0.25, 0.3) is 0 Å². The summed E-state index contributed by atoms with van der Waals surface area (Å²) in [6.07, 6.45) is -0.126. The lowest BCUT2D eigenvalue weighted by molar-refractivity contribution is -0.136. The van der Waals surface area contributed by atoms with Crippen LogP contribution < -0.4 is 10.5 Å². The van der Waals surface area contributed by atoms with E-state index in [-0.39, 0.29) is 6.42 Å². The lowest BCUT2D eigenvalue weighted by atomic mass is 10.1. The second kappa shape index (κ2) is 12.5. The lowest BCUT2D eigenvalue weighted by Crippen LogP contribution is -2.27. The molecule has 0 fully saturated rings. The van der Waals surface area contributed by atoms with Gasteiger partial charge >= 0.3 is 12.1 Å². The molecule has 1 aromatic rings. The summed E-state index contributed by atoms with van der Waals surface area (Å²) < 4.78 is 9.55. The first-order valence-electron chi connectivity index (χ1n) is 7.58. The van der Waals surface area contributed by atoms with E-state index in [1.807, 2.05) is 19.9 Å². The third-order valence-corrected chi connectivity index (χ3v) is 2.55. The van der Waals surface area contributed by atoms with Crippen LogP contribution in [0, 0.1) is 0 Å². The molecular weight excluding hydrogens is 334 g/mol. The zero-order valence-corrected chi connectivity index (χ0v) is 15.9. The van der Waals surface area contributed by atoms with Gasteiger partial charge < -0.3 is 20.3 Å². The Balaban J connectivity index is 0. The van der Waals surface area contributed by atoms with Gasteiger partial charge in [-0.3, -0.25) is 4.79 Å². The van der Waals surface area contributed by atoms with E-state index in [1.165, 1.54) is 7.11 Å². The number of carbonyl (C=O) groups excluding carboxylic acids is 1. The van der Waals surface area contributed by atoms with Crippen LogP contribution in [0.15, 0.2) is 18.2 Å². The normalized spacial score (nSPS) is 9.62. The van der Waals surface area contributed by atoms with Gasteiger partial charge in [-0.15, -0.1) is 0 Å². The predicted molar refractivity (Wildman–Crippen MR) is 95.7 cm³/mol. The number of amides is 1. The van der Waals surface area contributed by atoms with Crippen LogP contribution >= 0.6 is 11.6 Å². The fraction of sp³-hybridized carbons (Fsp3) is 0.529. The van der Waals surface area contributed by atoms with Gasteiger partial charge in [0.1, 0.15) is 11.4 Å². The number of benzene rings is 1. The first-order valence-corrected chi connectivity index (χ1v) is 7.95. The number of halogens is 1. The highest BCUT2D eigenvalue weighted by atomic mass is 35.5. The highest BCUT2D eigenvalue weighted by molar-refractivity contribution is 6.32. The summed E-state index contributed by atoms with van der Waals surface area (Å²) >= 11 is 5.87. The Bertz CT molecular complexity index is 512. The summed E-state index contributed by atoms with van der Waals surface area (Å²) in [5.74, 6) is -0.206. The average Bonchev–Trinajstić information content (AvgIpc) is 2.45. The van der Waals surface area contributed by atoms with Gasteiger partial charge in [0.05, 0.1) is 12.1 Å². The molecule has 0 saturated carbocycles. The largest absolute Gasteiger partial charge is 0.495 e. The molecule has 1 rings (SSSR count). The number of hydrogen-bond donors (Lipinski definition) is 2.